The van der Waals surface area contributed by atoms with E-state index >= 15 is 0 Å². The Bertz CT molecular complexity index is 766. The number of allylic oxidation sites excluding steroid dienone is 1. The quantitative estimate of drug-likeness (QED) is 0.620. The van der Waals surface area contributed by atoms with Crippen LogP contribution in [-0.4, -0.2) is 25.0 Å². The van der Waals surface area contributed by atoms with Gasteiger partial charge in [0.25, 0.3) is 0 Å². The van der Waals surface area contributed by atoms with Crippen molar-refractivity contribution in [3.8, 4) is 11.5 Å². The molecule has 0 unspecified atom stereocenters. The molecule has 1 aliphatic carbocycles. The summed E-state index contributed by atoms with van der Waals surface area (Å²) in [6, 6.07) is 5.52. The zero-order valence-corrected chi connectivity index (χ0v) is 13.2. The van der Waals surface area contributed by atoms with Crippen LogP contribution < -0.4 is 9.47 Å². The van der Waals surface area contributed by atoms with Crippen molar-refractivity contribution in [2.75, 3.05) is 14.2 Å². The molecule has 0 amide bonds. The molecular formula is C17H16ClNO3. The molecule has 4 nitrogen and oxygen atoms in total. The lowest BCUT2D eigenvalue weighted by atomic mass is 10.1. The standard InChI is InChI=1S/C17H16ClNO3/c1-21-15-8-12-7-11(5-6-14(20)10-3-4-10)17(18)19-13(12)9-16(15)22-2/h5-10H,3-4H2,1-2H3/b6-5+. The van der Waals surface area contributed by atoms with Crippen LogP contribution in [0.2, 0.25) is 5.15 Å². The van der Waals surface area contributed by atoms with E-state index in [1.54, 1.807) is 32.4 Å². The maximum atomic E-state index is 11.8. The lowest BCUT2D eigenvalue weighted by molar-refractivity contribution is -0.115. The number of benzene rings is 1. The van der Waals surface area contributed by atoms with E-state index in [9.17, 15) is 4.79 Å². The third kappa shape index (κ3) is 2.92. The van der Waals surface area contributed by atoms with Crippen molar-refractivity contribution >= 4 is 34.4 Å². The van der Waals surface area contributed by atoms with Crippen molar-refractivity contribution in [2.45, 2.75) is 12.8 Å². The van der Waals surface area contributed by atoms with Crippen LogP contribution in [0.3, 0.4) is 0 Å². The van der Waals surface area contributed by atoms with Gasteiger partial charge in [-0.05, 0) is 37.1 Å². The average Bonchev–Trinajstić information content (AvgIpc) is 3.36. The van der Waals surface area contributed by atoms with E-state index in [2.05, 4.69) is 4.98 Å². The van der Waals surface area contributed by atoms with Gasteiger partial charge in [0.2, 0.25) is 0 Å². The van der Waals surface area contributed by atoms with Crippen molar-refractivity contribution in [2.24, 2.45) is 5.92 Å². The van der Waals surface area contributed by atoms with E-state index in [0.29, 0.717) is 22.2 Å². The number of hydrogen-bond acceptors (Lipinski definition) is 4. The smallest absolute Gasteiger partial charge is 0.162 e. The van der Waals surface area contributed by atoms with Crippen LogP contribution in [0.5, 0.6) is 11.5 Å². The Labute approximate surface area is 133 Å². The zero-order chi connectivity index (χ0) is 15.7. The summed E-state index contributed by atoms with van der Waals surface area (Å²) in [6.07, 6.45) is 5.30. The van der Waals surface area contributed by atoms with Crippen LogP contribution in [-0.2, 0) is 4.79 Å². The van der Waals surface area contributed by atoms with Crippen LogP contribution in [0.25, 0.3) is 17.0 Å². The summed E-state index contributed by atoms with van der Waals surface area (Å²) >= 11 is 6.21. The van der Waals surface area contributed by atoms with E-state index in [-0.39, 0.29) is 11.7 Å². The van der Waals surface area contributed by atoms with Gasteiger partial charge in [-0.2, -0.15) is 0 Å². The zero-order valence-electron chi connectivity index (χ0n) is 12.4. The van der Waals surface area contributed by atoms with Crippen molar-refractivity contribution in [1.29, 1.82) is 0 Å². The summed E-state index contributed by atoms with van der Waals surface area (Å²) < 4.78 is 10.6. The predicted molar refractivity (Wildman–Crippen MR) is 86.6 cm³/mol. The summed E-state index contributed by atoms with van der Waals surface area (Å²) in [7, 11) is 3.16. The summed E-state index contributed by atoms with van der Waals surface area (Å²) in [5.41, 5.74) is 1.43. The van der Waals surface area contributed by atoms with Gasteiger partial charge >= 0.3 is 0 Å². The molecule has 0 atom stereocenters. The molecule has 1 aliphatic rings. The number of hydrogen-bond donors (Lipinski definition) is 0. The molecule has 0 radical (unpaired) electrons. The number of methoxy groups -OCH3 is 2. The van der Waals surface area contributed by atoms with E-state index in [1.165, 1.54) is 0 Å². The molecule has 1 aromatic carbocycles. The second-order valence-electron chi connectivity index (χ2n) is 5.28. The number of fused-ring (bicyclic) bond motifs is 1. The average molecular weight is 318 g/mol. The minimum absolute atomic E-state index is 0.156. The number of rotatable bonds is 5. The second-order valence-corrected chi connectivity index (χ2v) is 5.64. The number of ketones is 1. The Kier molecular flexibility index (Phi) is 4.03. The molecule has 5 heteroatoms. The number of pyridine rings is 1. The van der Waals surface area contributed by atoms with Gasteiger partial charge < -0.3 is 9.47 Å². The molecule has 1 saturated carbocycles. The lowest BCUT2D eigenvalue weighted by Crippen LogP contribution is -1.94. The molecule has 0 aliphatic heterocycles. The SMILES string of the molecule is COc1cc2cc(/C=C/C(=O)C3CC3)c(Cl)nc2cc1OC. The van der Waals surface area contributed by atoms with Gasteiger partial charge in [-0.25, -0.2) is 4.98 Å². The highest BCUT2D eigenvalue weighted by molar-refractivity contribution is 6.31. The molecule has 2 aromatic rings. The summed E-state index contributed by atoms with van der Waals surface area (Å²) in [5, 5.41) is 1.24. The summed E-state index contributed by atoms with van der Waals surface area (Å²) in [4.78, 5) is 16.1. The van der Waals surface area contributed by atoms with E-state index in [4.69, 9.17) is 21.1 Å². The topological polar surface area (TPSA) is 48.4 Å². The summed E-state index contributed by atoms with van der Waals surface area (Å²) in [5.74, 6) is 1.59. The maximum absolute atomic E-state index is 11.8. The number of aromatic nitrogens is 1. The van der Waals surface area contributed by atoms with Crippen molar-refractivity contribution in [3.63, 3.8) is 0 Å². The molecule has 1 heterocycles. The fourth-order valence-electron chi connectivity index (χ4n) is 2.29. The minimum Gasteiger partial charge on any atom is -0.493 e. The molecule has 0 bridgehead atoms. The van der Waals surface area contributed by atoms with Crippen LogP contribution in [0.1, 0.15) is 18.4 Å². The van der Waals surface area contributed by atoms with Crippen molar-refractivity contribution in [3.05, 3.63) is 35.0 Å². The number of ether oxygens (including phenoxy) is 2. The van der Waals surface area contributed by atoms with Crippen molar-refractivity contribution < 1.29 is 14.3 Å². The largest absolute Gasteiger partial charge is 0.493 e. The lowest BCUT2D eigenvalue weighted by Gasteiger charge is -2.09. The number of carbonyl (C=O) groups is 1. The number of carbonyl (C=O) groups excluding carboxylic acids is 1. The normalized spacial score (nSPS) is 14.5. The van der Waals surface area contributed by atoms with Gasteiger partial charge in [-0.1, -0.05) is 11.6 Å². The first-order chi connectivity index (χ1) is 10.6. The highest BCUT2D eigenvalue weighted by Gasteiger charge is 2.27. The second kappa shape index (κ2) is 5.97. The third-order valence-corrected chi connectivity index (χ3v) is 4.01. The molecule has 0 N–H and O–H groups in total. The monoisotopic (exact) mass is 317 g/mol. The van der Waals surface area contributed by atoms with E-state index < -0.39 is 0 Å². The Hall–Kier alpha value is -2.07. The Balaban J connectivity index is 2.00. The highest BCUT2D eigenvalue weighted by Crippen LogP contribution is 2.34. The third-order valence-electron chi connectivity index (χ3n) is 3.71. The highest BCUT2D eigenvalue weighted by atomic mass is 35.5. The fraction of sp³-hybridized carbons (Fsp3) is 0.294. The fourth-order valence-corrected chi connectivity index (χ4v) is 2.50. The molecule has 114 valence electrons. The summed E-state index contributed by atoms with van der Waals surface area (Å²) in [6.45, 7) is 0. The molecule has 22 heavy (non-hydrogen) atoms. The van der Waals surface area contributed by atoms with Gasteiger partial charge in [-0.15, -0.1) is 0 Å². The molecular weight excluding hydrogens is 302 g/mol. The first-order valence-electron chi connectivity index (χ1n) is 7.06. The van der Waals surface area contributed by atoms with E-state index in [0.717, 1.165) is 23.8 Å². The predicted octanol–water partition coefficient (Wildman–Crippen LogP) is 3.90. The van der Waals surface area contributed by atoms with Crippen LogP contribution in [0.15, 0.2) is 24.3 Å². The Morgan fingerprint density at radius 2 is 1.91 bits per heavy atom. The van der Waals surface area contributed by atoms with Gasteiger partial charge in [-0.3, -0.25) is 4.79 Å². The van der Waals surface area contributed by atoms with Gasteiger partial charge in [0, 0.05) is 22.9 Å². The van der Waals surface area contributed by atoms with Crippen LogP contribution >= 0.6 is 11.6 Å². The van der Waals surface area contributed by atoms with Gasteiger partial charge in [0.15, 0.2) is 17.3 Å². The first-order valence-corrected chi connectivity index (χ1v) is 7.44. The molecule has 1 aromatic heterocycles. The number of halogens is 1. The Morgan fingerprint density at radius 1 is 1.23 bits per heavy atom. The van der Waals surface area contributed by atoms with E-state index in [1.807, 2.05) is 12.1 Å². The van der Waals surface area contributed by atoms with Gasteiger partial charge in [0.05, 0.1) is 19.7 Å². The maximum Gasteiger partial charge on any atom is 0.162 e. The number of nitrogens with zero attached hydrogens (tertiary/aromatic N) is 1. The molecule has 0 saturated heterocycles. The van der Waals surface area contributed by atoms with Crippen molar-refractivity contribution in [1.82, 2.24) is 4.98 Å². The first kappa shape index (κ1) is 14.9. The minimum atomic E-state index is 0.156. The molecule has 3 rings (SSSR count). The van der Waals surface area contributed by atoms with Crippen LogP contribution in [0, 0.1) is 5.92 Å². The molecule has 1 fully saturated rings. The Morgan fingerprint density at radius 3 is 2.55 bits per heavy atom. The van der Waals surface area contributed by atoms with Crippen LogP contribution in [0.4, 0.5) is 0 Å². The van der Waals surface area contributed by atoms with Gasteiger partial charge in [0.1, 0.15) is 5.15 Å². The molecule has 0 spiro atoms.